The minimum atomic E-state index is -4.28. The van der Waals surface area contributed by atoms with Crippen molar-refractivity contribution in [2.45, 2.75) is 38.0 Å². The predicted octanol–water partition coefficient (Wildman–Crippen LogP) is 2.96. The molecule has 0 aliphatic heterocycles. The topological polar surface area (TPSA) is 32.3 Å². The largest absolute Gasteiger partial charge is 0.416 e. The van der Waals surface area contributed by atoms with E-state index < -0.39 is 11.7 Å². The second-order valence-corrected chi connectivity index (χ2v) is 5.06. The van der Waals surface area contributed by atoms with Gasteiger partial charge in [-0.1, -0.05) is 18.6 Å². The Balaban J connectivity index is 1.90. The van der Waals surface area contributed by atoms with E-state index in [2.05, 4.69) is 5.32 Å². The molecule has 19 heavy (non-hydrogen) atoms. The van der Waals surface area contributed by atoms with Crippen molar-refractivity contribution in [3.63, 3.8) is 0 Å². The highest BCUT2D eigenvalue weighted by atomic mass is 19.4. The Hall–Kier alpha value is -1.07. The molecule has 5 heteroatoms. The number of benzene rings is 1. The van der Waals surface area contributed by atoms with Gasteiger partial charge in [-0.05, 0) is 36.5 Å². The monoisotopic (exact) mass is 273 g/mol. The Morgan fingerprint density at radius 3 is 2.42 bits per heavy atom. The van der Waals surface area contributed by atoms with E-state index in [0.717, 1.165) is 37.0 Å². The molecule has 2 nitrogen and oxygen atoms in total. The molecule has 1 fully saturated rings. The van der Waals surface area contributed by atoms with Crippen molar-refractivity contribution < 1.29 is 18.3 Å². The van der Waals surface area contributed by atoms with Crippen LogP contribution < -0.4 is 5.32 Å². The molecule has 106 valence electrons. The smallest absolute Gasteiger partial charge is 0.396 e. The first kappa shape index (κ1) is 14.3. The highest BCUT2D eigenvalue weighted by Crippen LogP contribution is 2.29. The zero-order valence-electron chi connectivity index (χ0n) is 10.6. The SMILES string of the molecule is OCC1CCCC1NCc1ccc(C(F)(F)F)cc1. The number of nitrogens with one attached hydrogen (secondary N) is 1. The van der Waals surface area contributed by atoms with E-state index >= 15 is 0 Å². The summed E-state index contributed by atoms with van der Waals surface area (Å²) >= 11 is 0. The molecule has 2 atom stereocenters. The Kier molecular flexibility index (Phi) is 4.47. The maximum absolute atomic E-state index is 12.4. The summed E-state index contributed by atoms with van der Waals surface area (Å²) in [5.74, 6) is 0.273. The van der Waals surface area contributed by atoms with E-state index in [1.165, 1.54) is 12.1 Å². The molecule has 0 radical (unpaired) electrons. The van der Waals surface area contributed by atoms with Crippen molar-refractivity contribution in [1.82, 2.24) is 5.32 Å². The molecule has 2 N–H and O–H groups in total. The van der Waals surface area contributed by atoms with Crippen molar-refractivity contribution in [3.05, 3.63) is 35.4 Å². The third-order valence-corrected chi connectivity index (χ3v) is 3.74. The van der Waals surface area contributed by atoms with E-state index in [1.807, 2.05) is 0 Å². The van der Waals surface area contributed by atoms with Crippen LogP contribution in [0.1, 0.15) is 30.4 Å². The molecule has 1 aromatic rings. The van der Waals surface area contributed by atoms with E-state index in [0.29, 0.717) is 6.54 Å². The zero-order valence-corrected chi connectivity index (χ0v) is 10.6. The molecular formula is C14H18F3NO. The number of hydrogen-bond acceptors (Lipinski definition) is 2. The van der Waals surface area contributed by atoms with Crippen molar-refractivity contribution in [2.75, 3.05) is 6.61 Å². The van der Waals surface area contributed by atoms with Crippen LogP contribution in [0.25, 0.3) is 0 Å². The van der Waals surface area contributed by atoms with Gasteiger partial charge in [-0.3, -0.25) is 0 Å². The van der Waals surface area contributed by atoms with Gasteiger partial charge in [0.15, 0.2) is 0 Å². The van der Waals surface area contributed by atoms with Crippen LogP contribution in [-0.4, -0.2) is 17.8 Å². The van der Waals surface area contributed by atoms with Gasteiger partial charge in [0, 0.05) is 19.2 Å². The van der Waals surface area contributed by atoms with Gasteiger partial charge in [0.25, 0.3) is 0 Å². The highest BCUT2D eigenvalue weighted by Gasteiger charge is 2.30. The van der Waals surface area contributed by atoms with Gasteiger partial charge in [0.2, 0.25) is 0 Å². The quantitative estimate of drug-likeness (QED) is 0.884. The van der Waals surface area contributed by atoms with Crippen LogP contribution in [0.15, 0.2) is 24.3 Å². The van der Waals surface area contributed by atoms with Crippen LogP contribution in [0.3, 0.4) is 0 Å². The van der Waals surface area contributed by atoms with Crippen molar-refractivity contribution in [1.29, 1.82) is 0 Å². The molecule has 0 spiro atoms. The van der Waals surface area contributed by atoms with Crippen molar-refractivity contribution in [2.24, 2.45) is 5.92 Å². The fourth-order valence-corrected chi connectivity index (χ4v) is 2.58. The number of aliphatic hydroxyl groups excluding tert-OH is 1. The summed E-state index contributed by atoms with van der Waals surface area (Å²) in [5, 5.41) is 12.5. The molecule has 2 rings (SSSR count). The molecular weight excluding hydrogens is 255 g/mol. The summed E-state index contributed by atoms with van der Waals surface area (Å²) in [6.07, 6.45) is -1.15. The third kappa shape index (κ3) is 3.70. The second kappa shape index (κ2) is 5.92. The standard InChI is InChI=1S/C14H18F3NO/c15-14(16,17)12-6-4-10(5-7-12)8-18-13-3-1-2-11(13)9-19/h4-7,11,13,18-19H,1-3,8-9H2. The van der Waals surface area contributed by atoms with Gasteiger partial charge in [-0.25, -0.2) is 0 Å². The summed E-state index contributed by atoms with van der Waals surface area (Å²) in [6.45, 7) is 0.712. The first-order chi connectivity index (χ1) is 9.00. The number of rotatable bonds is 4. The van der Waals surface area contributed by atoms with E-state index in [-0.39, 0.29) is 18.6 Å². The van der Waals surface area contributed by atoms with Crippen LogP contribution in [0, 0.1) is 5.92 Å². The van der Waals surface area contributed by atoms with Crippen LogP contribution in [0.5, 0.6) is 0 Å². The Morgan fingerprint density at radius 1 is 1.16 bits per heavy atom. The van der Waals surface area contributed by atoms with Gasteiger partial charge in [0.05, 0.1) is 5.56 Å². The van der Waals surface area contributed by atoms with Gasteiger partial charge < -0.3 is 10.4 Å². The molecule has 1 aromatic carbocycles. The summed E-state index contributed by atoms with van der Waals surface area (Å²) in [5.41, 5.74) is 0.210. The predicted molar refractivity (Wildman–Crippen MR) is 66.5 cm³/mol. The first-order valence-corrected chi connectivity index (χ1v) is 6.51. The second-order valence-electron chi connectivity index (χ2n) is 5.06. The van der Waals surface area contributed by atoms with Crippen LogP contribution in [0.4, 0.5) is 13.2 Å². The lowest BCUT2D eigenvalue weighted by Gasteiger charge is -2.19. The lowest BCUT2D eigenvalue weighted by atomic mass is 10.0. The molecule has 1 aliphatic carbocycles. The maximum Gasteiger partial charge on any atom is 0.416 e. The normalized spacial score (nSPS) is 23.8. The molecule has 0 amide bonds. The summed E-state index contributed by atoms with van der Waals surface area (Å²) in [6, 6.07) is 5.48. The van der Waals surface area contributed by atoms with Crippen LogP contribution >= 0.6 is 0 Å². The minimum Gasteiger partial charge on any atom is -0.396 e. The maximum atomic E-state index is 12.4. The summed E-state index contributed by atoms with van der Waals surface area (Å²) in [7, 11) is 0. The average Bonchev–Trinajstić information content (AvgIpc) is 2.83. The highest BCUT2D eigenvalue weighted by molar-refractivity contribution is 5.24. The van der Waals surface area contributed by atoms with Gasteiger partial charge in [0.1, 0.15) is 0 Å². The molecule has 2 unspecified atom stereocenters. The van der Waals surface area contributed by atoms with Crippen molar-refractivity contribution >= 4 is 0 Å². The van der Waals surface area contributed by atoms with E-state index in [4.69, 9.17) is 0 Å². The Bertz CT molecular complexity index is 402. The lowest BCUT2D eigenvalue weighted by Crippen LogP contribution is -2.33. The molecule has 0 aromatic heterocycles. The molecule has 1 saturated carbocycles. The Morgan fingerprint density at radius 2 is 1.84 bits per heavy atom. The molecule has 0 bridgehead atoms. The average molecular weight is 273 g/mol. The number of halogens is 3. The zero-order chi connectivity index (χ0) is 13.9. The van der Waals surface area contributed by atoms with Crippen LogP contribution in [-0.2, 0) is 12.7 Å². The van der Waals surface area contributed by atoms with Gasteiger partial charge >= 0.3 is 6.18 Å². The fourth-order valence-electron chi connectivity index (χ4n) is 2.58. The number of hydrogen-bond donors (Lipinski definition) is 2. The third-order valence-electron chi connectivity index (χ3n) is 3.74. The van der Waals surface area contributed by atoms with E-state index in [1.54, 1.807) is 0 Å². The molecule has 0 heterocycles. The van der Waals surface area contributed by atoms with Crippen molar-refractivity contribution in [3.8, 4) is 0 Å². The summed E-state index contributed by atoms with van der Waals surface area (Å²) < 4.78 is 37.2. The van der Waals surface area contributed by atoms with Gasteiger partial charge in [-0.15, -0.1) is 0 Å². The lowest BCUT2D eigenvalue weighted by molar-refractivity contribution is -0.137. The van der Waals surface area contributed by atoms with E-state index in [9.17, 15) is 18.3 Å². The fraction of sp³-hybridized carbons (Fsp3) is 0.571. The van der Waals surface area contributed by atoms with Gasteiger partial charge in [-0.2, -0.15) is 13.2 Å². The number of aliphatic hydroxyl groups is 1. The van der Waals surface area contributed by atoms with Crippen LogP contribution in [0.2, 0.25) is 0 Å². The molecule has 1 aliphatic rings. The summed E-state index contributed by atoms with van der Waals surface area (Å²) in [4.78, 5) is 0. The Labute approximate surface area is 110 Å². The first-order valence-electron chi connectivity index (χ1n) is 6.51. The number of alkyl halides is 3. The molecule has 0 saturated heterocycles. The minimum absolute atomic E-state index is 0.171.